The van der Waals surface area contributed by atoms with Crippen LogP contribution in [0.3, 0.4) is 0 Å². The van der Waals surface area contributed by atoms with Gasteiger partial charge in [-0.25, -0.2) is 0 Å². The molecule has 2 aromatic rings. The average molecular weight is 310 g/mol. The van der Waals surface area contributed by atoms with Gasteiger partial charge < -0.3 is 5.73 Å². The maximum atomic E-state index is 5.85. The molecule has 1 aromatic heterocycles. The molecular formula is C21H30N2. The van der Waals surface area contributed by atoms with Crippen molar-refractivity contribution in [2.24, 2.45) is 23.0 Å². The van der Waals surface area contributed by atoms with E-state index in [4.69, 9.17) is 5.73 Å². The highest BCUT2D eigenvalue weighted by atomic mass is 14.7. The summed E-state index contributed by atoms with van der Waals surface area (Å²) in [5, 5.41) is 1.34. The third-order valence-electron chi connectivity index (χ3n) is 6.28. The highest BCUT2D eigenvalue weighted by Gasteiger charge is 2.59. The van der Waals surface area contributed by atoms with Crippen molar-refractivity contribution < 1.29 is 0 Å². The van der Waals surface area contributed by atoms with Crippen LogP contribution in [0.5, 0.6) is 0 Å². The Labute approximate surface area is 140 Å². The Morgan fingerprint density at radius 3 is 2.70 bits per heavy atom. The van der Waals surface area contributed by atoms with Gasteiger partial charge in [0.05, 0.1) is 5.52 Å². The van der Waals surface area contributed by atoms with Crippen LogP contribution in [0.1, 0.15) is 50.7 Å². The lowest BCUT2D eigenvalue weighted by Crippen LogP contribution is -2.09. The van der Waals surface area contributed by atoms with E-state index in [-0.39, 0.29) is 0 Å². The van der Waals surface area contributed by atoms with Crippen molar-refractivity contribution in [3.63, 3.8) is 0 Å². The average Bonchev–Trinajstić information content (AvgIpc) is 3.19. The lowest BCUT2D eigenvalue weighted by Gasteiger charge is -2.17. The van der Waals surface area contributed by atoms with E-state index >= 15 is 0 Å². The van der Waals surface area contributed by atoms with E-state index in [1.807, 2.05) is 6.20 Å². The molecule has 2 nitrogen and oxygen atoms in total. The number of hydrogen-bond acceptors (Lipinski definition) is 2. The summed E-state index contributed by atoms with van der Waals surface area (Å²) in [6.45, 7) is 7.71. The summed E-state index contributed by atoms with van der Waals surface area (Å²) in [6.07, 6.45) is 8.20. The van der Waals surface area contributed by atoms with Crippen molar-refractivity contribution in [1.82, 2.24) is 4.98 Å². The van der Waals surface area contributed by atoms with Crippen molar-refractivity contribution in [2.75, 3.05) is 6.54 Å². The summed E-state index contributed by atoms with van der Waals surface area (Å²) in [5.41, 5.74) is 10.3. The van der Waals surface area contributed by atoms with Crippen molar-refractivity contribution in [1.29, 1.82) is 0 Å². The Kier molecular flexibility index (Phi) is 4.72. The third-order valence-corrected chi connectivity index (χ3v) is 6.28. The van der Waals surface area contributed by atoms with Crippen molar-refractivity contribution in [2.45, 2.75) is 52.9 Å². The fourth-order valence-electron chi connectivity index (χ4n) is 5.00. The van der Waals surface area contributed by atoms with Gasteiger partial charge in [0.15, 0.2) is 0 Å². The number of aromatic nitrogens is 1. The SMILES string of the molecule is CCC1C(CCN)C1(CC)CCc1ccnc2ccc(C)cc12. The van der Waals surface area contributed by atoms with E-state index in [0.717, 1.165) is 30.3 Å². The zero-order valence-electron chi connectivity index (χ0n) is 14.8. The maximum Gasteiger partial charge on any atom is 0.0704 e. The molecule has 0 bridgehead atoms. The fourth-order valence-corrected chi connectivity index (χ4v) is 5.00. The predicted octanol–water partition coefficient (Wildman–Crippen LogP) is 4.88. The molecule has 1 heterocycles. The monoisotopic (exact) mass is 310 g/mol. The van der Waals surface area contributed by atoms with Crippen LogP contribution < -0.4 is 5.73 Å². The number of nitrogens with zero attached hydrogens (tertiary/aromatic N) is 1. The van der Waals surface area contributed by atoms with Crippen molar-refractivity contribution in [3.8, 4) is 0 Å². The third kappa shape index (κ3) is 2.89. The minimum absolute atomic E-state index is 0.535. The Morgan fingerprint density at radius 2 is 2.00 bits per heavy atom. The molecule has 1 aromatic carbocycles. The highest BCUT2D eigenvalue weighted by molar-refractivity contribution is 5.82. The van der Waals surface area contributed by atoms with Crippen LogP contribution in [-0.4, -0.2) is 11.5 Å². The summed E-state index contributed by atoms with van der Waals surface area (Å²) in [7, 11) is 0. The smallest absolute Gasteiger partial charge is 0.0704 e. The molecule has 1 aliphatic rings. The summed E-state index contributed by atoms with van der Waals surface area (Å²) in [6, 6.07) is 8.80. The fraction of sp³-hybridized carbons (Fsp3) is 0.571. The molecule has 0 spiro atoms. The van der Waals surface area contributed by atoms with Crippen molar-refractivity contribution in [3.05, 3.63) is 41.6 Å². The number of fused-ring (bicyclic) bond motifs is 1. The first-order valence-electron chi connectivity index (χ1n) is 9.20. The highest BCUT2D eigenvalue weighted by Crippen LogP contribution is 2.66. The van der Waals surface area contributed by atoms with E-state index in [9.17, 15) is 0 Å². The molecule has 3 rings (SSSR count). The summed E-state index contributed by atoms with van der Waals surface area (Å²) < 4.78 is 0. The molecule has 0 radical (unpaired) electrons. The summed E-state index contributed by atoms with van der Waals surface area (Å²) >= 11 is 0. The van der Waals surface area contributed by atoms with Crippen LogP contribution in [0.25, 0.3) is 10.9 Å². The van der Waals surface area contributed by atoms with Gasteiger partial charge in [-0.2, -0.15) is 0 Å². The first-order chi connectivity index (χ1) is 11.2. The Morgan fingerprint density at radius 1 is 1.17 bits per heavy atom. The Hall–Kier alpha value is -1.41. The number of benzene rings is 1. The largest absolute Gasteiger partial charge is 0.330 e. The van der Waals surface area contributed by atoms with E-state index in [2.05, 4.69) is 50.0 Å². The molecular weight excluding hydrogens is 280 g/mol. The van der Waals surface area contributed by atoms with Gasteiger partial charge in [0, 0.05) is 11.6 Å². The van der Waals surface area contributed by atoms with Gasteiger partial charge in [0.1, 0.15) is 0 Å². The van der Waals surface area contributed by atoms with Crippen LogP contribution in [0.2, 0.25) is 0 Å². The molecule has 1 saturated carbocycles. The van der Waals surface area contributed by atoms with Gasteiger partial charge in [-0.15, -0.1) is 0 Å². The van der Waals surface area contributed by atoms with Gasteiger partial charge in [0.2, 0.25) is 0 Å². The first-order valence-corrected chi connectivity index (χ1v) is 9.20. The number of rotatable bonds is 7. The molecule has 23 heavy (non-hydrogen) atoms. The molecule has 124 valence electrons. The minimum Gasteiger partial charge on any atom is -0.330 e. The van der Waals surface area contributed by atoms with E-state index in [1.165, 1.54) is 42.2 Å². The lowest BCUT2D eigenvalue weighted by molar-refractivity contribution is 0.373. The molecule has 3 atom stereocenters. The zero-order valence-corrected chi connectivity index (χ0v) is 14.8. The van der Waals surface area contributed by atoms with Gasteiger partial charge >= 0.3 is 0 Å². The van der Waals surface area contributed by atoms with Gasteiger partial charge in [-0.3, -0.25) is 4.98 Å². The standard InChI is InChI=1S/C21H30N2/c1-4-18-19(9-12-22)21(18,5-2)11-8-16-10-13-23-20-7-6-15(3)14-17(16)20/h6-7,10,13-14,18-19H,4-5,8-9,11-12,22H2,1-3H3. The quantitative estimate of drug-likeness (QED) is 0.792. The van der Waals surface area contributed by atoms with E-state index < -0.39 is 0 Å². The number of hydrogen-bond donors (Lipinski definition) is 1. The van der Waals surface area contributed by atoms with Crippen LogP contribution in [0, 0.1) is 24.2 Å². The number of aryl methyl sites for hydroxylation is 2. The molecule has 3 unspecified atom stereocenters. The molecule has 1 fully saturated rings. The predicted molar refractivity (Wildman–Crippen MR) is 98.5 cm³/mol. The molecule has 0 saturated heterocycles. The Bertz CT molecular complexity index is 679. The summed E-state index contributed by atoms with van der Waals surface area (Å²) in [4.78, 5) is 4.52. The van der Waals surface area contributed by atoms with Crippen LogP contribution in [0.15, 0.2) is 30.5 Å². The summed E-state index contributed by atoms with van der Waals surface area (Å²) in [5.74, 6) is 1.73. The minimum atomic E-state index is 0.535. The normalized spacial score (nSPS) is 26.6. The second-order valence-electron chi connectivity index (χ2n) is 7.28. The van der Waals surface area contributed by atoms with Gasteiger partial charge in [0.25, 0.3) is 0 Å². The molecule has 1 aliphatic carbocycles. The topological polar surface area (TPSA) is 38.9 Å². The van der Waals surface area contributed by atoms with Crippen LogP contribution in [-0.2, 0) is 6.42 Å². The number of nitrogens with two attached hydrogens (primary N) is 1. The zero-order chi connectivity index (χ0) is 16.4. The first kappa shape index (κ1) is 16.4. The number of pyridine rings is 1. The molecule has 2 heteroatoms. The molecule has 0 amide bonds. The van der Waals surface area contributed by atoms with Crippen LogP contribution in [0.4, 0.5) is 0 Å². The van der Waals surface area contributed by atoms with Gasteiger partial charge in [-0.05, 0) is 80.2 Å². The second kappa shape index (κ2) is 6.60. The van der Waals surface area contributed by atoms with Crippen molar-refractivity contribution >= 4 is 10.9 Å². The lowest BCUT2D eigenvalue weighted by atomic mass is 9.88. The second-order valence-corrected chi connectivity index (χ2v) is 7.28. The molecule has 0 aliphatic heterocycles. The van der Waals surface area contributed by atoms with Crippen LogP contribution >= 0.6 is 0 Å². The maximum absolute atomic E-state index is 5.85. The Balaban J connectivity index is 1.81. The van der Waals surface area contributed by atoms with E-state index in [0.29, 0.717) is 5.41 Å². The van der Waals surface area contributed by atoms with E-state index in [1.54, 1.807) is 0 Å². The van der Waals surface area contributed by atoms with Gasteiger partial charge in [-0.1, -0.05) is 31.9 Å². The molecule has 2 N–H and O–H groups in total.